The smallest absolute Gasteiger partial charge is 0.226 e. The zero-order valence-corrected chi connectivity index (χ0v) is 19.8. The summed E-state index contributed by atoms with van der Waals surface area (Å²) in [4.78, 5) is 25.2. The minimum absolute atomic E-state index is 0.0793. The number of carbonyl (C=O) groups is 2. The number of Topliss-reactive ketones (excluding diaryl/α,β-unsaturated/α-hetero) is 1. The lowest BCUT2D eigenvalue weighted by molar-refractivity contribution is -0.131. The van der Waals surface area contributed by atoms with Gasteiger partial charge in [0.05, 0.1) is 5.41 Å². The van der Waals surface area contributed by atoms with Gasteiger partial charge in [-0.2, -0.15) is 0 Å². The fourth-order valence-corrected chi connectivity index (χ4v) is 6.55. The SMILES string of the molecule is CCC(=O)c1ccc([C@@H]2CC[C@@]3(CC)C(=O)N[C@H](C)[C@H]3[C@H]2c2ccc(Cl)cc2)c(Cl)c1. The number of nitrogens with one attached hydrogen (secondary N) is 1. The predicted molar refractivity (Wildman–Crippen MR) is 126 cm³/mol. The van der Waals surface area contributed by atoms with E-state index in [1.807, 2.05) is 37.3 Å². The summed E-state index contributed by atoms with van der Waals surface area (Å²) in [6, 6.07) is 13.8. The van der Waals surface area contributed by atoms with E-state index in [0.717, 1.165) is 24.8 Å². The molecular formula is C26H29Cl2NO2. The van der Waals surface area contributed by atoms with Crippen LogP contribution in [0.2, 0.25) is 10.0 Å². The lowest BCUT2D eigenvalue weighted by Crippen LogP contribution is -2.43. The van der Waals surface area contributed by atoms with Crippen molar-refractivity contribution in [3.63, 3.8) is 0 Å². The molecule has 0 unspecified atom stereocenters. The zero-order chi connectivity index (χ0) is 22.3. The van der Waals surface area contributed by atoms with Crippen molar-refractivity contribution in [3.8, 4) is 0 Å². The Kier molecular flexibility index (Phi) is 6.20. The first-order valence-corrected chi connectivity index (χ1v) is 12.0. The molecule has 1 saturated carbocycles. The minimum Gasteiger partial charge on any atom is -0.353 e. The maximum atomic E-state index is 13.1. The largest absolute Gasteiger partial charge is 0.353 e. The van der Waals surface area contributed by atoms with Crippen LogP contribution in [0.15, 0.2) is 42.5 Å². The van der Waals surface area contributed by atoms with Crippen LogP contribution in [0.4, 0.5) is 0 Å². The molecule has 0 spiro atoms. The molecule has 3 nitrogen and oxygen atoms in total. The number of benzene rings is 2. The highest BCUT2D eigenvalue weighted by Crippen LogP contribution is 2.60. The molecule has 1 saturated heterocycles. The lowest BCUT2D eigenvalue weighted by Gasteiger charge is -2.47. The molecule has 0 bridgehead atoms. The first kappa shape index (κ1) is 22.4. The van der Waals surface area contributed by atoms with Crippen molar-refractivity contribution in [1.29, 1.82) is 0 Å². The minimum atomic E-state index is -0.356. The molecule has 4 rings (SSSR count). The second-order valence-corrected chi connectivity index (χ2v) is 9.88. The van der Waals surface area contributed by atoms with Crippen molar-refractivity contribution < 1.29 is 9.59 Å². The van der Waals surface area contributed by atoms with Gasteiger partial charge in [-0.05, 0) is 67.3 Å². The van der Waals surface area contributed by atoms with E-state index in [4.69, 9.17) is 23.2 Å². The molecule has 2 aliphatic rings. The van der Waals surface area contributed by atoms with Gasteiger partial charge >= 0.3 is 0 Å². The Labute approximate surface area is 194 Å². The van der Waals surface area contributed by atoms with Gasteiger partial charge in [-0.1, -0.05) is 61.3 Å². The van der Waals surface area contributed by atoms with E-state index in [-0.39, 0.29) is 40.9 Å². The third kappa shape index (κ3) is 3.70. The van der Waals surface area contributed by atoms with Crippen LogP contribution in [-0.4, -0.2) is 17.7 Å². The molecule has 1 amide bonds. The van der Waals surface area contributed by atoms with Gasteiger partial charge in [-0.15, -0.1) is 0 Å². The van der Waals surface area contributed by atoms with Gasteiger partial charge in [-0.25, -0.2) is 0 Å². The number of amides is 1. The lowest BCUT2D eigenvalue weighted by atomic mass is 9.54. The van der Waals surface area contributed by atoms with Crippen LogP contribution in [0.25, 0.3) is 0 Å². The molecule has 5 atom stereocenters. The molecule has 31 heavy (non-hydrogen) atoms. The van der Waals surface area contributed by atoms with Gasteiger partial charge < -0.3 is 5.32 Å². The van der Waals surface area contributed by atoms with E-state index in [1.54, 1.807) is 0 Å². The van der Waals surface area contributed by atoms with Crippen molar-refractivity contribution in [2.45, 2.75) is 64.3 Å². The summed E-state index contributed by atoms with van der Waals surface area (Å²) < 4.78 is 0. The van der Waals surface area contributed by atoms with Crippen LogP contribution in [0.5, 0.6) is 0 Å². The van der Waals surface area contributed by atoms with Gasteiger partial charge in [0.25, 0.3) is 0 Å². The molecule has 0 aromatic heterocycles. The Morgan fingerprint density at radius 3 is 2.45 bits per heavy atom. The van der Waals surface area contributed by atoms with Gasteiger partial charge in [0.2, 0.25) is 5.91 Å². The highest BCUT2D eigenvalue weighted by atomic mass is 35.5. The van der Waals surface area contributed by atoms with E-state index in [0.29, 0.717) is 22.0 Å². The first-order valence-electron chi connectivity index (χ1n) is 11.2. The van der Waals surface area contributed by atoms with E-state index < -0.39 is 0 Å². The van der Waals surface area contributed by atoms with Gasteiger partial charge in [-0.3, -0.25) is 9.59 Å². The molecule has 1 heterocycles. The summed E-state index contributed by atoms with van der Waals surface area (Å²) >= 11 is 13.0. The summed E-state index contributed by atoms with van der Waals surface area (Å²) in [5.74, 6) is 0.734. The Morgan fingerprint density at radius 1 is 1.13 bits per heavy atom. The molecule has 0 radical (unpaired) electrons. The summed E-state index contributed by atoms with van der Waals surface area (Å²) in [5, 5.41) is 4.57. The molecule has 164 valence electrons. The first-order chi connectivity index (χ1) is 14.8. The molecule has 5 heteroatoms. The summed E-state index contributed by atoms with van der Waals surface area (Å²) in [6.45, 7) is 6.11. The average molecular weight is 458 g/mol. The molecule has 2 aromatic rings. The fraction of sp³-hybridized carbons (Fsp3) is 0.462. The van der Waals surface area contributed by atoms with Crippen molar-refractivity contribution in [3.05, 3.63) is 69.2 Å². The van der Waals surface area contributed by atoms with Gasteiger partial charge in [0.15, 0.2) is 5.78 Å². The van der Waals surface area contributed by atoms with Crippen molar-refractivity contribution in [2.24, 2.45) is 11.3 Å². The second-order valence-electron chi connectivity index (χ2n) is 9.03. The second kappa shape index (κ2) is 8.60. The molecule has 2 aromatic carbocycles. The number of hydrogen-bond donors (Lipinski definition) is 1. The Morgan fingerprint density at radius 2 is 1.84 bits per heavy atom. The zero-order valence-electron chi connectivity index (χ0n) is 18.3. The normalized spacial score (nSPS) is 30.0. The van der Waals surface area contributed by atoms with Crippen molar-refractivity contribution >= 4 is 34.9 Å². The van der Waals surface area contributed by atoms with E-state index >= 15 is 0 Å². The monoisotopic (exact) mass is 457 g/mol. The maximum Gasteiger partial charge on any atom is 0.226 e. The summed E-state index contributed by atoms with van der Waals surface area (Å²) in [6.07, 6.45) is 2.99. The van der Waals surface area contributed by atoms with E-state index in [9.17, 15) is 9.59 Å². The fourth-order valence-electron chi connectivity index (χ4n) is 6.10. The number of rotatable bonds is 5. The Hall–Kier alpha value is -1.84. The predicted octanol–water partition coefficient (Wildman–Crippen LogP) is 6.78. The Balaban J connectivity index is 1.83. The van der Waals surface area contributed by atoms with Crippen LogP contribution in [-0.2, 0) is 4.79 Å². The van der Waals surface area contributed by atoms with Crippen molar-refractivity contribution in [1.82, 2.24) is 5.32 Å². The van der Waals surface area contributed by atoms with Crippen LogP contribution in [0.1, 0.15) is 79.8 Å². The van der Waals surface area contributed by atoms with Gasteiger partial charge in [0.1, 0.15) is 0 Å². The van der Waals surface area contributed by atoms with Gasteiger partial charge in [0, 0.05) is 34.0 Å². The quantitative estimate of drug-likeness (QED) is 0.502. The molecule has 1 aliphatic heterocycles. The van der Waals surface area contributed by atoms with Crippen LogP contribution >= 0.6 is 23.2 Å². The average Bonchev–Trinajstić information content (AvgIpc) is 3.03. The highest BCUT2D eigenvalue weighted by molar-refractivity contribution is 6.32. The standard InChI is InChI=1S/C26H29Cl2NO2/c1-4-22(30)17-8-11-19(21(28)14-17)20-12-13-26(5-2)24(15(3)29-25(26)31)23(20)16-6-9-18(27)10-7-16/h6-11,14-15,20,23-24H,4-5,12-13H2,1-3H3,(H,29,31)/t15-,20+,23+,24+,26-/m1/s1. The topological polar surface area (TPSA) is 46.2 Å². The highest BCUT2D eigenvalue weighted by Gasteiger charge is 2.59. The third-order valence-electron chi connectivity index (χ3n) is 7.64. The molecule has 1 N–H and O–H groups in total. The van der Waals surface area contributed by atoms with Crippen LogP contribution in [0, 0.1) is 11.3 Å². The number of halogens is 2. The summed E-state index contributed by atoms with van der Waals surface area (Å²) in [7, 11) is 0. The number of hydrogen-bond acceptors (Lipinski definition) is 2. The number of fused-ring (bicyclic) bond motifs is 1. The van der Waals surface area contributed by atoms with Crippen LogP contribution in [0.3, 0.4) is 0 Å². The molecule has 1 aliphatic carbocycles. The Bertz CT molecular complexity index is 1000. The number of carbonyl (C=O) groups excluding carboxylic acids is 2. The molecular weight excluding hydrogens is 429 g/mol. The van der Waals surface area contributed by atoms with E-state index in [2.05, 4.69) is 31.3 Å². The van der Waals surface area contributed by atoms with Crippen molar-refractivity contribution in [2.75, 3.05) is 0 Å². The number of ketones is 1. The third-order valence-corrected chi connectivity index (χ3v) is 8.22. The van der Waals surface area contributed by atoms with Crippen LogP contribution < -0.4 is 5.32 Å². The van der Waals surface area contributed by atoms with E-state index in [1.165, 1.54) is 5.56 Å². The maximum absolute atomic E-state index is 13.1. The molecule has 2 fully saturated rings. The summed E-state index contributed by atoms with van der Waals surface area (Å²) in [5.41, 5.74) is 2.55.